The summed E-state index contributed by atoms with van der Waals surface area (Å²) in [6, 6.07) is 18.1. The molecule has 8 heteroatoms. The zero-order valence-electron chi connectivity index (χ0n) is 15.8. The quantitative estimate of drug-likeness (QED) is 0.669. The van der Waals surface area contributed by atoms with E-state index in [2.05, 4.69) is 5.10 Å². The van der Waals surface area contributed by atoms with Crippen LogP contribution in [-0.4, -0.2) is 18.2 Å². The molecule has 0 radical (unpaired) electrons. The number of aromatic nitrogens is 2. The Hall–Kier alpha value is -2.58. The molecule has 2 N–H and O–H groups in total. The van der Waals surface area contributed by atoms with Crippen LogP contribution in [0.1, 0.15) is 27.7 Å². The van der Waals surface area contributed by atoms with Crippen molar-refractivity contribution in [2.45, 2.75) is 32.6 Å². The standard InChI is InChI=1S/C15H13N3O2S.2C2H6.F2/c16-21(19,20)14-8-6-13(7-9-14)18-15(10-11-17-18)12-4-2-1-3-5-12;3*1-2/h1-11H,(H2,16,19,20);2*1-2H3;. The minimum absolute atomic E-state index is 0.0830. The molecule has 0 amide bonds. The zero-order valence-corrected chi connectivity index (χ0v) is 16.6. The van der Waals surface area contributed by atoms with E-state index < -0.39 is 10.0 Å². The summed E-state index contributed by atoms with van der Waals surface area (Å²) in [5.74, 6) is 0. The summed E-state index contributed by atoms with van der Waals surface area (Å²) in [6.45, 7) is 8.00. The summed E-state index contributed by atoms with van der Waals surface area (Å²) in [7, 11) is -3.68. The molecule has 0 fully saturated rings. The molecule has 1 aromatic heterocycles. The normalized spacial score (nSPS) is 9.59. The molecule has 0 atom stereocenters. The van der Waals surface area contributed by atoms with Crippen molar-refractivity contribution in [2.24, 2.45) is 5.14 Å². The Morgan fingerprint density at radius 2 is 1.37 bits per heavy atom. The van der Waals surface area contributed by atoms with Crippen molar-refractivity contribution in [3.05, 3.63) is 66.9 Å². The Morgan fingerprint density at radius 3 is 1.85 bits per heavy atom. The van der Waals surface area contributed by atoms with Gasteiger partial charge >= 0.3 is 0 Å². The lowest BCUT2D eigenvalue weighted by molar-refractivity contribution is 0.108. The van der Waals surface area contributed by atoms with Gasteiger partial charge in [-0.2, -0.15) is 5.10 Å². The van der Waals surface area contributed by atoms with Crippen LogP contribution in [0, 0.1) is 0 Å². The Morgan fingerprint density at radius 1 is 0.852 bits per heavy atom. The maximum absolute atomic E-state index is 11.3. The van der Waals surface area contributed by atoms with Crippen molar-refractivity contribution in [2.75, 3.05) is 0 Å². The molecule has 1 heterocycles. The van der Waals surface area contributed by atoms with Gasteiger partial charge in [0.25, 0.3) is 0 Å². The van der Waals surface area contributed by atoms with Crippen LogP contribution in [0.3, 0.4) is 0 Å². The highest BCUT2D eigenvalue weighted by molar-refractivity contribution is 7.89. The summed E-state index contributed by atoms with van der Waals surface area (Å²) < 4.78 is 40.3. The minimum Gasteiger partial charge on any atom is -0.233 e. The average molecular weight is 397 g/mol. The second kappa shape index (κ2) is 12.7. The molecular weight excluding hydrogens is 372 g/mol. The molecule has 0 unspecified atom stereocenters. The van der Waals surface area contributed by atoms with Crippen LogP contribution in [0.4, 0.5) is 9.15 Å². The molecule has 0 bridgehead atoms. The van der Waals surface area contributed by atoms with E-state index in [0.717, 1.165) is 16.9 Å². The maximum atomic E-state index is 11.3. The van der Waals surface area contributed by atoms with Gasteiger partial charge in [0.1, 0.15) is 0 Å². The molecule has 5 nitrogen and oxygen atoms in total. The summed E-state index contributed by atoms with van der Waals surface area (Å²) in [4.78, 5) is 0.0830. The van der Waals surface area contributed by atoms with Gasteiger partial charge in [-0.15, -0.1) is 0 Å². The zero-order chi connectivity index (χ0) is 20.9. The summed E-state index contributed by atoms with van der Waals surface area (Å²) in [5, 5.41) is 9.39. The number of sulfonamides is 1. The fourth-order valence-corrected chi connectivity index (χ4v) is 2.63. The fourth-order valence-electron chi connectivity index (χ4n) is 2.11. The Kier molecular flexibility index (Phi) is 11.5. The first-order chi connectivity index (χ1) is 13.1. The van der Waals surface area contributed by atoms with E-state index in [1.807, 2.05) is 64.1 Å². The van der Waals surface area contributed by atoms with E-state index in [1.54, 1.807) is 23.0 Å². The molecule has 148 valence electrons. The monoisotopic (exact) mass is 397 g/mol. The number of nitrogens with zero attached hydrogens (tertiary/aromatic N) is 2. The Balaban J connectivity index is 0.00000103. The molecule has 0 aliphatic heterocycles. The second-order valence-electron chi connectivity index (χ2n) is 4.53. The third kappa shape index (κ3) is 6.92. The van der Waals surface area contributed by atoms with Gasteiger partial charge in [-0.1, -0.05) is 58.0 Å². The number of hydrogen-bond donors (Lipinski definition) is 1. The van der Waals surface area contributed by atoms with E-state index in [-0.39, 0.29) is 4.90 Å². The van der Waals surface area contributed by atoms with Crippen LogP contribution >= 0.6 is 0 Å². The van der Waals surface area contributed by atoms with Crippen molar-refractivity contribution in [1.82, 2.24) is 9.78 Å². The van der Waals surface area contributed by atoms with E-state index in [1.165, 1.54) is 12.1 Å². The third-order valence-electron chi connectivity index (χ3n) is 3.12. The van der Waals surface area contributed by atoms with Crippen molar-refractivity contribution in [3.8, 4) is 16.9 Å². The predicted molar refractivity (Wildman–Crippen MR) is 105 cm³/mol. The van der Waals surface area contributed by atoms with Gasteiger partial charge in [-0.25, -0.2) is 18.2 Å². The van der Waals surface area contributed by atoms with E-state index >= 15 is 0 Å². The lowest BCUT2D eigenvalue weighted by atomic mass is 10.1. The Labute approximate surface area is 159 Å². The van der Waals surface area contributed by atoms with Crippen LogP contribution in [-0.2, 0) is 10.0 Å². The van der Waals surface area contributed by atoms with Crippen LogP contribution < -0.4 is 5.14 Å². The summed E-state index contributed by atoms with van der Waals surface area (Å²) in [6.07, 6.45) is 1.70. The molecule has 0 aliphatic rings. The molecule has 2 aromatic carbocycles. The van der Waals surface area contributed by atoms with Gasteiger partial charge in [-0.05, 0) is 30.3 Å². The van der Waals surface area contributed by atoms with E-state index in [4.69, 9.17) is 14.3 Å². The predicted octanol–water partition coefficient (Wildman–Crippen LogP) is 5.08. The van der Waals surface area contributed by atoms with Crippen molar-refractivity contribution in [3.63, 3.8) is 0 Å². The maximum Gasteiger partial charge on any atom is 0.238 e. The van der Waals surface area contributed by atoms with Crippen molar-refractivity contribution in [1.29, 1.82) is 0 Å². The Bertz CT molecular complexity index is 865. The number of rotatable bonds is 3. The molecule has 27 heavy (non-hydrogen) atoms. The molecule has 0 saturated heterocycles. The van der Waals surface area contributed by atoms with Crippen LogP contribution in [0.2, 0.25) is 0 Å². The van der Waals surface area contributed by atoms with Gasteiger partial charge in [0.2, 0.25) is 10.0 Å². The minimum atomic E-state index is -3.68. The van der Waals surface area contributed by atoms with Crippen molar-refractivity contribution < 1.29 is 17.6 Å². The molecule has 0 aliphatic carbocycles. The van der Waals surface area contributed by atoms with E-state index in [0.29, 0.717) is 0 Å². The van der Waals surface area contributed by atoms with Crippen molar-refractivity contribution >= 4 is 10.0 Å². The van der Waals surface area contributed by atoms with Gasteiger partial charge in [0, 0.05) is 14.7 Å². The SMILES string of the molecule is CC.CC.FF.NS(=O)(=O)c1ccc(-n2nccc2-c2ccccc2)cc1. The van der Waals surface area contributed by atoms with E-state index in [9.17, 15) is 8.42 Å². The highest BCUT2D eigenvalue weighted by Crippen LogP contribution is 2.22. The van der Waals surface area contributed by atoms with Gasteiger partial charge < -0.3 is 0 Å². The molecule has 3 aromatic rings. The first-order valence-corrected chi connectivity index (χ1v) is 9.97. The first kappa shape index (κ1) is 24.4. The lowest BCUT2D eigenvalue weighted by Gasteiger charge is -2.08. The number of nitrogens with two attached hydrogens (primary N) is 1. The number of hydrogen-bond acceptors (Lipinski definition) is 3. The molecule has 0 spiro atoms. The molecule has 0 saturated carbocycles. The number of primary sulfonamides is 1. The van der Waals surface area contributed by atoms with Gasteiger partial charge in [0.05, 0.1) is 22.5 Å². The summed E-state index contributed by atoms with van der Waals surface area (Å²) in [5.41, 5.74) is 2.73. The van der Waals surface area contributed by atoms with Crippen LogP contribution in [0.15, 0.2) is 71.8 Å². The van der Waals surface area contributed by atoms with Crippen LogP contribution in [0.5, 0.6) is 0 Å². The van der Waals surface area contributed by atoms with Gasteiger partial charge in [0.15, 0.2) is 0 Å². The fraction of sp³-hybridized carbons (Fsp3) is 0.211. The van der Waals surface area contributed by atoms with Gasteiger partial charge in [-0.3, -0.25) is 0 Å². The summed E-state index contributed by atoms with van der Waals surface area (Å²) >= 11 is 0. The highest BCUT2D eigenvalue weighted by Gasteiger charge is 2.10. The molecule has 3 rings (SSSR count). The number of benzene rings is 2. The average Bonchev–Trinajstić information content (AvgIpc) is 3.23. The largest absolute Gasteiger partial charge is 0.238 e. The topological polar surface area (TPSA) is 78.0 Å². The van der Waals surface area contributed by atoms with Crippen LogP contribution in [0.25, 0.3) is 16.9 Å². The smallest absolute Gasteiger partial charge is 0.233 e. The number of halogens is 2. The lowest BCUT2D eigenvalue weighted by Crippen LogP contribution is -2.12. The second-order valence-corrected chi connectivity index (χ2v) is 6.09. The third-order valence-corrected chi connectivity index (χ3v) is 4.05. The molecular formula is C19H25F2N3O2S. The first-order valence-electron chi connectivity index (χ1n) is 8.43. The highest BCUT2D eigenvalue weighted by atomic mass is 32.2.